The first-order valence-electron chi connectivity index (χ1n) is 6.32. The quantitative estimate of drug-likeness (QED) is 0.856. The molecule has 1 aliphatic carbocycles. The lowest BCUT2D eigenvalue weighted by Gasteiger charge is -2.30. The Hall–Kier alpha value is -0.900. The van der Waals surface area contributed by atoms with Crippen LogP contribution in [0.5, 0.6) is 0 Å². The minimum absolute atomic E-state index is 0.485. The van der Waals surface area contributed by atoms with Gasteiger partial charge in [-0.1, -0.05) is 31.4 Å². The summed E-state index contributed by atoms with van der Waals surface area (Å²) in [7, 11) is 0. The maximum absolute atomic E-state index is 9.44. The van der Waals surface area contributed by atoms with Crippen LogP contribution in [0.3, 0.4) is 0 Å². The molecule has 0 radical (unpaired) electrons. The van der Waals surface area contributed by atoms with Crippen molar-refractivity contribution in [1.29, 1.82) is 0 Å². The van der Waals surface area contributed by atoms with Crippen molar-refractivity contribution in [2.45, 2.75) is 58.1 Å². The van der Waals surface area contributed by atoms with E-state index in [1.54, 1.807) is 6.92 Å². The first-order valence-corrected chi connectivity index (χ1v) is 6.32. The zero-order chi connectivity index (χ0) is 11.5. The van der Waals surface area contributed by atoms with Crippen LogP contribution in [0.2, 0.25) is 0 Å². The number of aliphatic hydroxyl groups excluding tert-OH is 1. The summed E-state index contributed by atoms with van der Waals surface area (Å²) in [5.41, 5.74) is 0.681. The molecule has 1 aromatic rings. The minimum Gasteiger partial charge on any atom is -0.387 e. The zero-order valence-corrected chi connectivity index (χ0v) is 10.1. The van der Waals surface area contributed by atoms with Crippen molar-refractivity contribution in [1.82, 2.24) is 15.0 Å². The van der Waals surface area contributed by atoms with Crippen LogP contribution < -0.4 is 0 Å². The molecule has 1 aliphatic rings. The molecular formula is C12H21N3O. The molecule has 0 aliphatic heterocycles. The van der Waals surface area contributed by atoms with Gasteiger partial charge in [-0.2, -0.15) is 0 Å². The van der Waals surface area contributed by atoms with Crippen molar-refractivity contribution in [2.75, 3.05) is 0 Å². The summed E-state index contributed by atoms with van der Waals surface area (Å²) in [5, 5.41) is 17.6. The van der Waals surface area contributed by atoms with Crippen LogP contribution in [-0.2, 0) is 0 Å². The zero-order valence-electron chi connectivity index (χ0n) is 10.1. The van der Waals surface area contributed by atoms with Crippen LogP contribution in [0.1, 0.15) is 63.8 Å². The van der Waals surface area contributed by atoms with Crippen molar-refractivity contribution in [3.8, 4) is 0 Å². The Morgan fingerprint density at radius 3 is 2.88 bits per heavy atom. The SMILES string of the molecule is CCC1CCCCC1n1cc(C(C)O)nn1. The van der Waals surface area contributed by atoms with Gasteiger partial charge in [0.05, 0.1) is 18.3 Å². The summed E-state index contributed by atoms with van der Waals surface area (Å²) in [4.78, 5) is 0. The second-order valence-electron chi connectivity index (χ2n) is 4.82. The number of hydrogen-bond donors (Lipinski definition) is 1. The number of aromatic nitrogens is 3. The lowest BCUT2D eigenvalue weighted by atomic mass is 9.83. The number of rotatable bonds is 3. The standard InChI is InChI=1S/C12H21N3O/c1-3-10-6-4-5-7-12(10)15-8-11(9(2)16)13-14-15/h8-10,12,16H,3-7H2,1-2H3. The van der Waals surface area contributed by atoms with E-state index >= 15 is 0 Å². The van der Waals surface area contributed by atoms with E-state index in [4.69, 9.17) is 0 Å². The molecule has 2 rings (SSSR count). The van der Waals surface area contributed by atoms with Crippen molar-refractivity contribution in [3.63, 3.8) is 0 Å². The number of aliphatic hydroxyl groups is 1. The molecule has 90 valence electrons. The maximum atomic E-state index is 9.44. The molecule has 4 nitrogen and oxygen atoms in total. The Balaban J connectivity index is 2.14. The predicted molar refractivity (Wildman–Crippen MR) is 61.9 cm³/mol. The molecular weight excluding hydrogens is 202 g/mol. The molecule has 1 saturated carbocycles. The van der Waals surface area contributed by atoms with Gasteiger partial charge in [0, 0.05) is 0 Å². The fourth-order valence-corrected chi connectivity index (χ4v) is 2.66. The van der Waals surface area contributed by atoms with Gasteiger partial charge in [0.2, 0.25) is 0 Å². The molecule has 0 aromatic carbocycles. The molecule has 0 spiro atoms. The highest BCUT2D eigenvalue weighted by Gasteiger charge is 2.26. The van der Waals surface area contributed by atoms with Crippen LogP contribution in [0.4, 0.5) is 0 Å². The maximum Gasteiger partial charge on any atom is 0.111 e. The Kier molecular flexibility index (Phi) is 3.59. The topological polar surface area (TPSA) is 50.9 Å². The van der Waals surface area contributed by atoms with Gasteiger partial charge in [-0.05, 0) is 25.7 Å². The van der Waals surface area contributed by atoms with Crippen LogP contribution in [-0.4, -0.2) is 20.1 Å². The van der Waals surface area contributed by atoms with Gasteiger partial charge < -0.3 is 5.11 Å². The first-order chi connectivity index (χ1) is 7.72. The van der Waals surface area contributed by atoms with Crippen LogP contribution in [0, 0.1) is 5.92 Å². The summed E-state index contributed by atoms with van der Waals surface area (Å²) in [6.45, 7) is 3.97. The molecule has 3 unspecified atom stereocenters. The molecule has 0 amide bonds. The van der Waals surface area contributed by atoms with E-state index in [0.29, 0.717) is 11.7 Å². The van der Waals surface area contributed by atoms with Gasteiger partial charge in [-0.25, -0.2) is 4.68 Å². The fraction of sp³-hybridized carbons (Fsp3) is 0.833. The van der Waals surface area contributed by atoms with Crippen LogP contribution >= 0.6 is 0 Å². The summed E-state index contributed by atoms with van der Waals surface area (Å²) < 4.78 is 1.97. The van der Waals surface area contributed by atoms with Gasteiger partial charge in [-0.3, -0.25) is 0 Å². The Labute approximate surface area is 96.7 Å². The minimum atomic E-state index is -0.516. The predicted octanol–water partition coefficient (Wildman–Crippen LogP) is 2.47. The lowest BCUT2D eigenvalue weighted by molar-refractivity contribution is 0.193. The monoisotopic (exact) mass is 223 g/mol. The van der Waals surface area contributed by atoms with Gasteiger partial charge in [-0.15, -0.1) is 5.10 Å². The smallest absolute Gasteiger partial charge is 0.111 e. The third-order valence-corrected chi connectivity index (χ3v) is 3.69. The Bertz CT molecular complexity index is 335. The van der Waals surface area contributed by atoms with Crippen molar-refractivity contribution in [2.24, 2.45) is 5.92 Å². The largest absolute Gasteiger partial charge is 0.387 e. The van der Waals surface area contributed by atoms with E-state index < -0.39 is 6.10 Å². The van der Waals surface area contributed by atoms with Gasteiger partial charge in [0.1, 0.15) is 5.69 Å². The van der Waals surface area contributed by atoms with Crippen molar-refractivity contribution in [3.05, 3.63) is 11.9 Å². The summed E-state index contributed by atoms with van der Waals surface area (Å²) in [5.74, 6) is 0.720. The average molecular weight is 223 g/mol. The third kappa shape index (κ3) is 2.26. The van der Waals surface area contributed by atoms with Gasteiger partial charge in [0.25, 0.3) is 0 Å². The third-order valence-electron chi connectivity index (χ3n) is 3.69. The van der Waals surface area contributed by atoms with Crippen LogP contribution in [0.15, 0.2) is 6.20 Å². The second kappa shape index (κ2) is 4.95. The highest BCUT2D eigenvalue weighted by Crippen LogP contribution is 2.35. The Morgan fingerprint density at radius 1 is 1.50 bits per heavy atom. The highest BCUT2D eigenvalue weighted by molar-refractivity contribution is 4.97. The molecule has 1 aromatic heterocycles. The fourth-order valence-electron chi connectivity index (χ4n) is 2.66. The van der Waals surface area contributed by atoms with Gasteiger partial charge >= 0.3 is 0 Å². The molecule has 3 atom stereocenters. The van der Waals surface area contributed by atoms with E-state index in [2.05, 4.69) is 17.2 Å². The normalized spacial score (nSPS) is 27.9. The molecule has 1 heterocycles. The molecule has 16 heavy (non-hydrogen) atoms. The summed E-state index contributed by atoms with van der Waals surface area (Å²) >= 11 is 0. The van der Waals surface area contributed by atoms with Crippen LogP contribution in [0.25, 0.3) is 0 Å². The van der Waals surface area contributed by atoms with Gasteiger partial charge in [0.15, 0.2) is 0 Å². The molecule has 0 saturated heterocycles. The van der Waals surface area contributed by atoms with Crippen molar-refractivity contribution < 1.29 is 5.11 Å². The molecule has 4 heteroatoms. The first kappa shape index (κ1) is 11.6. The van der Waals surface area contributed by atoms with Crippen molar-refractivity contribution >= 4 is 0 Å². The second-order valence-corrected chi connectivity index (χ2v) is 4.82. The van der Waals surface area contributed by atoms with E-state index in [0.717, 1.165) is 5.92 Å². The lowest BCUT2D eigenvalue weighted by Crippen LogP contribution is -2.23. The molecule has 1 fully saturated rings. The molecule has 0 bridgehead atoms. The number of nitrogens with zero attached hydrogens (tertiary/aromatic N) is 3. The number of hydrogen-bond acceptors (Lipinski definition) is 3. The Morgan fingerprint density at radius 2 is 2.25 bits per heavy atom. The summed E-state index contributed by atoms with van der Waals surface area (Å²) in [6.07, 6.45) is 7.71. The summed E-state index contributed by atoms with van der Waals surface area (Å²) in [6, 6.07) is 0.485. The average Bonchev–Trinajstić information content (AvgIpc) is 2.78. The van der Waals surface area contributed by atoms with E-state index in [1.807, 2.05) is 10.9 Å². The van der Waals surface area contributed by atoms with E-state index in [1.165, 1.54) is 32.1 Å². The van der Waals surface area contributed by atoms with E-state index in [-0.39, 0.29) is 0 Å². The highest BCUT2D eigenvalue weighted by atomic mass is 16.3. The van der Waals surface area contributed by atoms with E-state index in [9.17, 15) is 5.11 Å². The molecule has 1 N–H and O–H groups in total.